The number of Topliss-reactive ketones (excluding diaryl/α,β-unsaturated/α-hetero) is 1. The van der Waals surface area contributed by atoms with Crippen molar-refractivity contribution in [1.82, 2.24) is 9.80 Å². The molecule has 1 atom stereocenters. The maximum atomic E-state index is 11.3. The Balaban J connectivity index is 3.67. The SMILES string of the molecule is CC(=O)[C@@H](CCCCN(C)C)N(C)C. The van der Waals surface area contributed by atoms with Crippen LogP contribution in [0.5, 0.6) is 0 Å². The van der Waals surface area contributed by atoms with Gasteiger partial charge in [-0.05, 0) is 54.5 Å². The van der Waals surface area contributed by atoms with Gasteiger partial charge in [0.1, 0.15) is 5.78 Å². The first kappa shape index (κ1) is 13.6. The molecule has 84 valence electrons. The van der Waals surface area contributed by atoms with E-state index in [-0.39, 0.29) is 11.8 Å². The van der Waals surface area contributed by atoms with Crippen molar-refractivity contribution in [2.75, 3.05) is 34.7 Å². The fraction of sp³-hybridized carbons (Fsp3) is 0.909. The molecule has 0 amide bonds. The summed E-state index contributed by atoms with van der Waals surface area (Å²) in [5.74, 6) is 0.278. The fourth-order valence-electron chi connectivity index (χ4n) is 1.59. The average Bonchev–Trinajstić information content (AvgIpc) is 2.01. The van der Waals surface area contributed by atoms with Crippen LogP contribution < -0.4 is 0 Å². The third kappa shape index (κ3) is 6.11. The van der Waals surface area contributed by atoms with E-state index in [1.54, 1.807) is 6.92 Å². The summed E-state index contributed by atoms with van der Waals surface area (Å²) < 4.78 is 0. The minimum absolute atomic E-state index is 0.108. The second kappa shape index (κ2) is 6.96. The molecule has 0 fully saturated rings. The average molecular weight is 200 g/mol. The third-order valence-corrected chi connectivity index (χ3v) is 2.43. The second-order valence-electron chi connectivity index (χ2n) is 4.39. The Kier molecular flexibility index (Phi) is 6.75. The van der Waals surface area contributed by atoms with Crippen molar-refractivity contribution in [3.63, 3.8) is 0 Å². The lowest BCUT2D eigenvalue weighted by molar-refractivity contribution is -0.121. The molecular formula is C11H24N2O. The summed E-state index contributed by atoms with van der Waals surface area (Å²) in [6.07, 6.45) is 3.28. The van der Waals surface area contributed by atoms with Crippen LogP contribution in [0.15, 0.2) is 0 Å². The molecule has 0 aromatic heterocycles. The van der Waals surface area contributed by atoms with Crippen LogP contribution in [0, 0.1) is 0 Å². The highest BCUT2D eigenvalue weighted by Gasteiger charge is 2.15. The number of rotatable bonds is 7. The highest BCUT2D eigenvalue weighted by molar-refractivity contribution is 5.81. The van der Waals surface area contributed by atoms with Crippen molar-refractivity contribution in [3.05, 3.63) is 0 Å². The molecule has 0 N–H and O–H groups in total. The summed E-state index contributed by atoms with van der Waals surface area (Å²) in [6.45, 7) is 2.79. The summed E-state index contributed by atoms with van der Waals surface area (Å²) in [7, 11) is 8.10. The second-order valence-corrected chi connectivity index (χ2v) is 4.39. The normalized spacial score (nSPS) is 13.6. The zero-order valence-corrected chi connectivity index (χ0v) is 10.2. The van der Waals surface area contributed by atoms with E-state index in [2.05, 4.69) is 19.0 Å². The lowest BCUT2D eigenvalue weighted by Crippen LogP contribution is -2.34. The molecule has 0 aromatic carbocycles. The van der Waals surface area contributed by atoms with E-state index in [9.17, 15) is 4.79 Å². The number of hydrogen-bond acceptors (Lipinski definition) is 3. The quantitative estimate of drug-likeness (QED) is 0.578. The van der Waals surface area contributed by atoms with Crippen LogP contribution in [0.25, 0.3) is 0 Å². The molecule has 0 aliphatic rings. The van der Waals surface area contributed by atoms with Crippen LogP contribution in [-0.2, 0) is 4.79 Å². The third-order valence-electron chi connectivity index (χ3n) is 2.43. The minimum atomic E-state index is 0.108. The molecular weight excluding hydrogens is 176 g/mol. The van der Waals surface area contributed by atoms with Gasteiger partial charge in [0.05, 0.1) is 6.04 Å². The van der Waals surface area contributed by atoms with Crippen molar-refractivity contribution >= 4 is 5.78 Å². The number of ketones is 1. The fourth-order valence-corrected chi connectivity index (χ4v) is 1.59. The van der Waals surface area contributed by atoms with Crippen LogP contribution in [0.3, 0.4) is 0 Å². The molecule has 0 saturated carbocycles. The lowest BCUT2D eigenvalue weighted by Gasteiger charge is -2.21. The van der Waals surface area contributed by atoms with Crippen molar-refractivity contribution in [2.24, 2.45) is 0 Å². The van der Waals surface area contributed by atoms with Gasteiger partial charge >= 0.3 is 0 Å². The van der Waals surface area contributed by atoms with E-state index < -0.39 is 0 Å². The van der Waals surface area contributed by atoms with E-state index in [0.717, 1.165) is 19.4 Å². The smallest absolute Gasteiger partial charge is 0.146 e. The maximum absolute atomic E-state index is 11.3. The molecule has 0 bridgehead atoms. The van der Waals surface area contributed by atoms with E-state index in [4.69, 9.17) is 0 Å². The first-order chi connectivity index (χ1) is 6.45. The molecule has 0 spiro atoms. The van der Waals surface area contributed by atoms with Gasteiger partial charge in [-0.2, -0.15) is 0 Å². The molecule has 0 rings (SSSR count). The van der Waals surface area contributed by atoms with Gasteiger partial charge in [-0.15, -0.1) is 0 Å². The van der Waals surface area contributed by atoms with E-state index in [1.807, 2.05) is 19.0 Å². The predicted octanol–water partition coefficient (Wildman–Crippen LogP) is 1.24. The molecule has 3 heteroatoms. The first-order valence-corrected chi connectivity index (χ1v) is 5.26. The maximum Gasteiger partial charge on any atom is 0.146 e. The predicted molar refractivity (Wildman–Crippen MR) is 60.6 cm³/mol. The van der Waals surface area contributed by atoms with E-state index >= 15 is 0 Å². The lowest BCUT2D eigenvalue weighted by atomic mass is 10.1. The highest BCUT2D eigenvalue weighted by atomic mass is 16.1. The Labute approximate surface area is 88.1 Å². The van der Waals surface area contributed by atoms with Crippen molar-refractivity contribution in [3.8, 4) is 0 Å². The Morgan fingerprint density at radius 1 is 1.14 bits per heavy atom. The number of hydrogen-bond donors (Lipinski definition) is 0. The molecule has 0 aliphatic carbocycles. The highest BCUT2D eigenvalue weighted by Crippen LogP contribution is 2.07. The number of likely N-dealkylation sites (N-methyl/N-ethyl adjacent to an activating group) is 1. The first-order valence-electron chi connectivity index (χ1n) is 5.26. The number of nitrogens with zero attached hydrogens (tertiary/aromatic N) is 2. The number of carbonyl (C=O) groups excluding carboxylic acids is 1. The van der Waals surface area contributed by atoms with Crippen molar-refractivity contribution in [2.45, 2.75) is 32.2 Å². The summed E-state index contributed by atoms with van der Waals surface area (Å²) in [5, 5.41) is 0. The summed E-state index contributed by atoms with van der Waals surface area (Å²) in [4.78, 5) is 15.5. The van der Waals surface area contributed by atoms with Gasteiger partial charge < -0.3 is 4.90 Å². The zero-order chi connectivity index (χ0) is 11.1. The van der Waals surface area contributed by atoms with Gasteiger partial charge in [-0.25, -0.2) is 0 Å². The topological polar surface area (TPSA) is 23.6 Å². The Hall–Kier alpha value is -0.410. The van der Waals surface area contributed by atoms with Gasteiger partial charge in [0.15, 0.2) is 0 Å². The Morgan fingerprint density at radius 3 is 2.07 bits per heavy atom. The minimum Gasteiger partial charge on any atom is -0.309 e. The zero-order valence-electron chi connectivity index (χ0n) is 10.2. The molecule has 0 aromatic rings. The molecule has 0 aliphatic heterocycles. The van der Waals surface area contributed by atoms with Gasteiger partial charge in [0.25, 0.3) is 0 Å². The molecule has 0 radical (unpaired) electrons. The summed E-state index contributed by atoms with van der Waals surface area (Å²) in [5.41, 5.74) is 0. The Morgan fingerprint density at radius 2 is 1.71 bits per heavy atom. The van der Waals surface area contributed by atoms with Crippen LogP contribution in [0.2, 0.25) is 0 Å². The summed E-state index contributed by atoms with van der Waals surface area (Å²) in [6, 6.07) is 0.108. The molecule has 0 saturated heterocycles. The molecule has 0 heterocycles. The van der Waals surface area contributed by atoms with Crippen molar-refractivity contribution < 1.29 is 4.79 Å². The number of carbonyl (C=O) groups is 1. The van der Waals surface area contributed by atoms with Crippen LogP contribution >= 0.6 is 0 Å². The molecule has 3 nitrogen and oxygen atoms in total. The van der Waals surface area contributed by atoms with Gasteiger partial charge in [-0.3, -0.25) is 9.69 Å². The molecule has 14 heavy (non-hydrogen) atoms. The number of unbranched alkanes of at least 4 members (excludes halogenated alkanes) is 1. The van der Waals surface area contributed by atoms with Gasteiger partial charge in [-0.1, -0.05) is 6.42 Å². The van der Waals surface area contributed by atoms with Gasteiger partial charge in [0, 0.05) is 0 Å². The largest absolute Gasteiger partial charge is 0.309 e. The van der Waals surface area contributed by atoms with Crippen LogP contribution in [0.1, 0.15) is 26.2 Å². The van der Waals surface area contributed by atoms with Crippen LogP contribution in [-0.4, -0.2) is 56.4 Å². The summed E-state index contributed by atoms with van der Waals surface area (Å²) >= 11 is 0. The molecule has 0 unspecified atom stereocenters. The Bertz CT molecular complexity index is 167. The van der Waals surface area contributed by atoms with Gasteiger partial charge in [0.2, 0.25) is 0 Å². The van der Waals surface area contributed by atoms with Crippen molar-refractivity contribution in [1.29, 1.82) is 0 Å². The van der Waals surface area contributed by atoms with E-state index in [0.29, 0.717) is 0 Å². The van der Waals surface area contributed by atoms with Crippen LogP contribution in [0.4, 0.5) is 0 Å². The van der Waals surface area contributed by atoms with E-state index in [1.165, 1.54) is 6.42 Å². The monoisotopic (exact) mass is 200 g/mol. The standard InChI is InChI=1S/C11H24N2O/c1-10(14)11(13(4)5)8-6-7-9-12(2)3/h11H,6-9H2,1-5H3/t11-/m1/s1.